The highest BCUT2D eigenvalue weighted by molar-refractivity contribution is 5.73. The van der Waals surface area contributed by atoms with Crippen molar-refractivity contribution >= 4 is 5.97 Å². The molecule has 1 rings (SSSR count). The average Bonchev–Trinajstić information content (AvgIpc) is 2.63. The second-order valence-corrected chi connectivity index (χ2v) is 3.95. The molecule has 90 valence electrons. The van der Waals surface area contributed by atoms with Gasteiger partial charge in [0, 0.05) is 19.3 Å². The van der Waals surface area contributed by atoms with Crippen LogP contribution in [0.3, 0.4) is 0 Å². The molecule has 16 heavy (non-hydrogen) atoms. The third-order valence-electron chi connectivity index (χ3n) is 2.63. The molecule has 2 N–H and O–H groups in total. The molecule has 0 amide bonds. The van der Waals surface area contributed by atoms with Gasteiger partial charge in [-0.05, 0) is 19.4 Å². The third-order valence-corrected chi connectivity index (χ3v) is 2.63. The van der Waals surface area contributed by atoms with Crippen molar-refractivity contribution in [3.05, 3.63) is 18.0 Å². The first kappa shape index (κ1) is 12.7. The highest BCUT2D eigenvalue weighted by Crippen LogP contribution is 2.12. The monoisotopic (exact) mass is 225 g/mol. The lowest BCUT2D eigenvalue weighted by Crippen LogP contribution is -2.38. The van der Waals surface area contributed by atoms with E-state index in [0.29, 0.717) is 6.42 Å². The molecule has 2 atom stereocenters. The van der Waals surface area contributed by atoms with Gasteiger partial charge in [-0.2, -0.15) is 5.10 Å². The molecule has 0 fully saturated rings. The van der Waals surface area contributed by atoms with Crippen molar-refractivity contribution in [3.63, 3.8) is 0 Å². The summed E-state index contributed by atoms with van der Waals surface area (Å²) in [4.78, 5) is 11.0. The largest absolute Gasteiger partial charge is 0.480 e. The topological polar surface area (TPSA) is 67.2 Å². The molecule has 0 aliphatic heterocycles. The fourth-order valence-electron chi connectivity index (χ4n) is 1.76. The molecule has 0 saturated heterocycles. The summed E-state index contributed by atoms with van der Waals surface area (Å²) in [6.45, 7) is 3.93. The Morgan fingerprint density at radius 1 is 1.69 bits per heavy atom. The molecule has 1 aromatic rings. The van der Waals surface area contributed by atoms with Gasteiger partial charge < -0.3 is 5.11 Å². The highest BCUT2D eigenvalue weighted by Gasteiger charge is 2.20. The van der Waals surface area contributed by atoms with E-state index in [1.807, 2.05) is 27.0 Å². The number of carbonyl (C=O) groups is 1. The minimum Gasteiger partial charge on any atom is -0.480 e. The van der Waals surface area contributed by atoms with E-state index in [0.717, 1.165) is 12.1 Å². The predicted molar refractivity (Wildman–Crippen MR) is 61.1 cm³/mol. The van der Waals surface area contributed by atoms with Gasteiger partial charge in [0.1, 0.15) is 6.04 Å². The van der Waals surface area contributed by atoms with E-state index in [1.165, 1.54) is 0 Å². The fourth-order valence-corrected chi connectivity index (χ4v) is 1.76. The van der Waals surface area contributed by atoms with E-state index < -0.39 is 12.0 Å². The van der Waals surface area contributed by atoms with E-state index in [9.17, 15) is 4.79 Å². The van der Waals surface area contributed by atoms with Gasteiger partial charge >= 0.3 is 5.97 Å². The molecule has 5 nitrogen and oxygen atoms in total. The normalized spacial score (nSPS) is 14.7. The lowest BCUT2D eigenvalue weighted by molar-refractivity contribution is -0.139. The molecule has 0 bridgehead atoms. The van der Waals surface area contributed by atoms with Crippen molar-refractivity contribution < 1.29 is 9.90 Å². The second-order valence-electron chi connectivity index (χ2n) is 3.95. The first-order valence-electron chi connectivity index (χ1n) is 5.53. The Kier molecular flexibility index (Phi) is 4.49. The average molecular weight is 225 g/mol. The number of carboxylic acids is 1. The Bertz CT molecular complexity index is 349. The summed E-state index contributed by atoms with van der Waals surface area (Å²) in [6, 6.07) is 1.39. The molecule has 5 heteroatoms. The van der Waals surface area contributed by atoms with E-state index >= 15 is 0 Å². The van der Waals surface area contributed by atoms with Gasteiger partial charge in [0.25, 0.3) is 0 Å². The zero-order chi connectivity index (χ0) is 12.1. The smallest absolute Gasteiger partial charge is 0.320 e. The van der Waals surface area contributed by atoms with Crippen LogP contribution < -0.4 is 5.32 Å². The van der Waals surface area contributed by atoms with Gasteiger partial charge in [-0.3, -0.25) is 14.8 Å². The number of carboxylic acid groups (broad SMARTS) is 1. The van der Waals surface area contributed by atoms with Crippen molar-refractivity contribution in [3.8, 4) is 0 Å². The molecule has 2 unspecified atom stereocenters. The fraction of sp³-hybridized carbons (Fsp3) is 0.636. The van der Waals surface area contributed by atoms with Crippen LogP contribution in [0.5, 0.6) is 0 Å². The summed E-state index contributed by atoms with van der Waals surface area (Å²) in [6.07, 6.45) is 3.20. The molecule has 1 heterocycles. The van der Waals surface area contributed by atoms with Crippen LogP contribution in [-0.4, -0.2) is 26.9 Å². The van der Waals surface area contributed by atoms with Crippen LogP contribution in [0.4, 0.5) is 0 Å². The van der Waals surface area contributed by atoms with Crippen molar-refractivity contribution in [1.82, 2.24) is 15.1 Å². The predicted octanol–water partition coefficient (Wildman–Crippen LogP) is 1.32. The molecular formula is C11H19N3O2. The number of aromatic nitrogens is 2. The van der Waals surface area contributed by atoms with Crippen LogP contribution in [-0.2, 0) is 11.8 Å². The van der Waals surface area contributed by atoms with Gasteiger partial charge in [-0.15, -0.1) is 0 Å². The van der Waals surface area contributed by atoms with E-state index in [-0.39, 0.29) is 6.04 Å². The Hall–Kier alpha value is -1.36. The lowest BCUT2D eigenvalue weighted by Gasteiger charge is -2.19. The van der Waals surface area contributed by atoms with Crippen molar-refractivity contribution in [2.75, 3.05) is 0 Å². The van der Waals surface area contributed by atoms with E-state index in [1.54, 1.807) is 10.9 Å². The van der Waals surface area contributed by atoms with Gasteiger partial charge in [0.2, 0.25) is 0 Å². The van der Waals surface area contributed by atoms with Crippen molar-refractivity contribution in [2.24, 2.45) is 7.05 Å². The van der Waals surface area contributed by atoms with Crippen LogP contribution >= 0.6 is 0 Å². The summed E-state index contributed by atoms with van der Waals surface area (Å²) in [5.74, 6) is -0.795. The summed E-state index contributed by atoms with van der Waals surface area (Å²) < 4.78 is 1.75. The summed E-state index contributed by atoms with van der Waals surface area (Å²) in [7, 11) is 1.85. The molecule has 0 aliphatic rings. The molecular weight excluding hydrogens is 206 g/mol. The van der Waals surface area contributed by atoms with Crippen LogP contribution in [0.2, 0.25) is 0 Å². The summed E-state index contributed by atoms with van der Waals surface area (Å²) in [5.41, 5.74) is 0.988. The molecule has 1 aromatic heterocycles. The standard InChI is InChI=1S/C11H19N3O2/c1-4-5-9(11(15)16)13-8(2)10-6-7-12-14(10)3/h6-9,13H,4-5H2,1-3H3,(H,15,16). The molecule has 0 aromatic carbocycles. The first-order valence-corrected chi connectivity index (χ1v) is 5.53. The summed E-state index contributed by atoms with van der Waals surface area (Å²) in [5, 5.41) is 16.2. The Labute approximate surface area is 95.5 Å². The van der Waals surface area contributed by atoms with Gasteiger partial charge in [0.15, 0.2) is 0 Å². The number of aryl methyl sites for hydroxylation is 1. The van der Waals surface area contributed by atoms with Crippen molar-refractivity contribution in [1.29, 1.82) is 0 Å². The molecule has 0 spiro atoms. The van der Waals surface area contributed by atoms with Crippen LogP contribution in [0.15, 0.2) is 12.3 Å². The zero-order valence-corrected chi connectivity index (χ0v) is 9.97. The Morgan fingerprint density at radius 2 is 2.38 bits per heavy atom. The first-order chi connectivity index (χ1) is 7.56. The van der Waals surface area contributed by atoms with E-state index in [4.69, 9.17) is 5.11 Å². The molecule has 0 aliphatic carbocycles. The molecule has 0 radical (unpaired) electrons. The van der Waals surface area contributed by atoms with Crippen LogP contribution in [0.25, 0.3) is 0 Å². The quantitative estimate of drug-likeness (QED) is 0.766. The maximum Gasteiger partial charge on any atom is 0.320 e. The van der Waals surface area contributed by atoms with Crippen molar-refractivity contribution in [2.45, 2.75) is 38.8 Å². The lowest BCUT2D eigenvalue weighted by atomic mass is 10.1. The number of hydrogen-bond acceptors (Lipinski definition) is 3. The molecule has 0 saturated carbocycles. The Morgan fingerprint density at radius 3 is 2.81 bits per heavy atom. The van der Waals surface area contributed by atoms with E-state index in [2.05, 4.69) is 10.4 Å². The number of nitrogens with one attached hydrogen (secondary N) is 1. The SMILES string of the molecule is CCCC(NC(C)c1ccnn1C)C(=O)O. The van der Waals surface area contributed by atoms with Gasteiger partial charge in [-0.1, -0.05) is 13.3 Å². The number of aliphatic carboxylic acids is 1. The number of nitrogens with zero attached hydrogens (tertiary/aromatic N) is 2. The third kappa shape index (κ3) is 3.06. The maximum atomic E-state index is 11.0. The van der Waals surface area contributed by atoms with Gasteiger partial charge in [0.05, 0.1) is 5.69 Å². The second kappa shape index (κ2) is 5.65. The Balaban J connectivity index is 2.65. The minimum absolute atomic E-state index is 0.0138. The van der Waals surface area contributed by atoms with Crippen LogP contribution in [0, 0.1) is 0 Å². The number of hydrogen-bond donors (Lipinski definition) is 2. The minimum atomic E-state index is -0.795. The van der Waals surface area contributed by atoms with Gasteiger partial charge in [-0.25, -0.2) is 0 Å². The van der Waals surface area contributed by atoms with Crippen LogP contribution in [0.1, 0.15) is 38.4 Å². The number of rotatable bonds is 6. The zero-order valence-electron chi connectivity index (χ0n) is 9.97. The highest BCUT2D eigenvalue weighted by atomic mass is 16.4. The maximum absolute atomic E-state index is 11.0. The summed E-state index contributed by atoms with van der Waals surface area (Å²) >= 11 is 0.